The van der Waals surface area contributed by atoms with Gasteiger partial charge in [-0.1, -0.05) is 5.92 Å². The average Bonchev–Trinajstić information content (AvgIpc) is 1.89. The summed E-state index contributed by atoms with van der Waals surface area (Å²) < 4.78 is 2.66. The van der Waals surface area contributed by atoms with Crippen molar-refractivity contribution in [2.75, 3.05) is 13.1 Å². The summed E-state index contributed by atoms with van der Waals surface area (Å²) in [6.45, 7) is 2.90. The predicted molar refractivity (Wildman–Crippen MR) is 48.6 cm³/mol. The lowest BCUT2D eigenvalue weighted by atomic mass is 10.5. The Hall–Kier alpha value is -0.440. The van der Waals surface area contributed by atoms with Crippen LogP contribution in [0.25, 0.3) is 0 Å². The van der Waals surface area contributed by atoms with Crippen LogP contribution in [0.3, 0.4) is 0 Å². The van der Waals surface area contributed by atoms with Crippen LogP contribution in [-0.4, -0.2) is 24.0 Å². The van der Waals surface area contributed by atoms with Crippen molar-refractivity contribution >= 4 is 28.6 Å². The third-order valence-electron chi connectivity index (χ3n) is 1.03. The van der Waals surface area contributed by atoms with E-state index in [1.54, 1.807) is 0 Å². The van der Waals surface area contributed by atoms with Crippen molar-refractivity contribution in [3.63, 3.8) is 0 Å². The van der Waals surface area contributed by atoms with E-state index in [2.05, 4.69) is 9.85 Å². The monoisotopic (exact) mass is 252 g/mol. The summed E-state index contributed by atoms with van der Waals surface area (Å²) in [5, 5.41) is 0. The lowest BCUT2D eigenvalue weighted by molar-refractivity contribution is 0.216. The first kappa shape index (κ1) is 9.56. The molecule has 56 valence electrons. The summed E-state index contributed by atoms with van der Waals surface area (Å²) in [5.74, 6) is 2.74. The molecule has 0 fully saturated rings. The van der Waals surface area contributed by atoms with Gasteiger partial charge in [-0.3, -0.25) is 0 Å². The molecule has 0 aromatic carbocycles. The maximum Gasteiger partial charge on any atom is 0.315 e. The van der Waals surface area contributed by atoms with Crippen molar-refractivity contribution < 1.29 is 4.79 Å². The number of nitrogens with zero attached hydrogens (tertiary/aromatic N) is 1. The first-order chi connectivity index (χ1) is 4.72. The molecule has 0 radical (unpaired) electrons. The standard InChI is InChI=1S/C6H9IN2O/c1-2-9(6(8)10)5-3-4-7/h2,5H2,1H3,(H2,8,10). The second kappa shape index (κ2) is 5.35. The van der Waals surface area contributed by atoms with E-state index in [-0.39, 0.29) is 0 Å². The summed E-state index contributed by atoms with van der Waals surface area (Å²) >= 11 is 1.92. The van der Waals surface area contributed by atoms with Crippen LogP contribution in [0.4, 0.5) is 4.79 Å². The van der Waals surface area contributed by atoms with Crippen LogP contribution in [0, 0.1) is 9.85 Å². The number of carbonyl (C=O) groups is 1. The van der Waals surface area contributed by atoms with Gasteiger partial charge in [-0.25, -0.2) is 4.79 Å². The fourth-order valence-corrected chi connectivity index (χ4v) is 0.641. The Morgan fingerprint density at radius 2 is 2.40 bits per heavy atom. The fourth-order valence-electron chi connectivity index (χ4n) is 0.471. The van der Waals surface area contributed by atoms with Crippen LogP contribution in [0.2, 0.25) is 0 Å². The quantitative estimate of drug-likeness (QED) is 0.573. The molecule has 0 bridgehead atoms. The molecule has 10 heavy (non-hydrogen) atoms. The van der Waals surface area contributed by atoms with Crippen molar-refractivity contribution in [1.82, 2.24) is 4.90 Å². The summed E-state index contributed by atoms with van der Waals surface area (Å²) in [6.07, 6.45) is 0. The molecule has 0 aliphatic rings. The Morgan fingerprint density at radius 3 is 2.70 bits per heavy atom. The number of carbonyl (C=O) groups excluding carboxylic acids is 1. The molecule has 0 unspecified atom stereocenters. The van der Waals surface area contributed by atoms with Crippen molar-refractivity contribution in [3.05, 3.63) is 0 Å². The molecule has 3 nitrogen and oxygen atoms in total. The molecule has 0 saturated carbocycles. The van der Waals surface area contributed by atoms with Gasteiger partial charge in [0.25, 0.3) is 0 Å². The number of amides is 2. The molecule has 0 aliphatic heterocycles. The van der Waals surface area contributed by atoms with E-state index in [0.717, 1.165) is 0 Å². The molecular weight excluding hydrogens is 243 g/mol. The summed E-state index contributed by atoms with van der Waals surface area (Å²) in [6, 6.07) is -0.415. The van der Waals surface area contributed by atoms with Crippen LogP contribution in [0.5, 0.6) is 0 Å². The number of urea groups is 1. The van der Waals surface area contributed by atoms with E-state index in [9.17, 15) is 4.79 Å². The molecule has 0 aliphatic carbocycles. The summed E-state index contributed by atoms with van der Waals surface area (Å²) in [4.78, 5) is 12.0. The lowest BCUT2D eigenvalue weighted by Crippen LogP contribution is -2.35. The third kappa shape index (κ3) is 3.56. The Balaban J connectivity index is 3.79. The van der Waals surface area contributed by atoms with E-state index in [1.165, 1.54) is 4.90 Å². The zero-order chi connectivity index (χ0) is 7.98. The Labute approximate surface area is 74.1 Å². The molecule has 0 aromatic rings. The smallest absolute Gasteiger partial charge is 0.315 e. The highest BCUT2D eigenvalue weighted by Crippen LogP contribution is 1.84. The molecule has 0 spiro atoms. The van der Waals surface area contributed by atoms with Gasteiger partial charge in [0, 0.05) is 29.1 Å². The van der Waals surface area contributed by atoms with Crippen LogP contribution in [0.1, 0.15) is 6.92 Å². The van der Waals surface area contributed by atoms with Crippen LogP contribution >= 0.6 is 22.6 Å². The summed E-state index contributed by atoms with van der Waals surface area (Å²) in [7, 11) is 0. The Morgan fingerprint density at radius 1 is 1.80 bits per heavy atom. The van der Waals surface area contributed by atoms with E-state index in [4.69, 9.17) is 5.73 Å². The van der Waals surface area contributed by atoms with E-state index < -0.39 is 6.03 Å². The minimum absolute atomic E-state index is 0.415. The van der Waals surface area contributed by atoms with E-state index >= 15 is 0 Å². The molecular formula is C6H9IN2O. The molecule has 0 saturated heterocycles. The largest absolute Gasteiger partial charge is 0.351 e. The molecule has 0 rings (SSSR count). The number of primary amides is 1. The molecule has 2 amide bonds. The number of hydrogen-bond donors (Lipinski definition) is 1. The average molecular weight is 252 g/mol. The van der Waals surface area contributed by atoms with Crippen LogP contribution in [0.15, 0.2) is 0 Å². The van der Waals surface area contributed by atoms with E-state index in [0.29, 0.717) is 13.1 Å². The van der Waals surface area contributed by atoms with Gasteiger partial charge < -0.3 is 10.6 Å². The van der Waals surface area contributed by atoms with Gasteiger partial charge in [0.1, 0.15) is 0 Å². The first-order valence-corrected chi connectivity index (χ1v) is 3.93. The van der Waals surface area contributed by atoms with Crippen LogP contribution in [-0.2, 0) is 0 Å². The SMILES string of the molecule is CCN(CC#CI)C(N)=O. The second-order valence-corrected chi connectivity index (χ2v) is 2.16. The second-order valence-electron chi connectivity index (χ2n) is 1.62. The maximum absolute atomic E-state index is 10.5. The molecule has 2 N–H and O–H groups in total. The maximum atomic E-state index is 10.5. The van der Waals surface area contributed by atoms with Gasteiger partial charge in [0.05, 0.1) is 6.54 Å². The van der Waals surface area contributed by atoms with Crippen LogP contribution < -0.4 is 5.73 Å². The highest BCUT2D eigenvalue weighted by Gasteiger charge is 2.02. The Bertz CT molecular complexity index is 170. The topological polar surface area (TPSA) is 46.3 Å². The lowest BCUT2D eigenvalue weighted by Gasteiger charge is -2.13. The minimum atomic E-state index is -0.415. The third-order valence-corrected chi connectivity index (χ3v) is 1.41. The molecule has 0 atom stereocenters. The molecule has 0 heterocycles. The van der Waals surface area contributed by atoms with Gasteiger partial charge in [-0.15, -0.1) is 0 Å². The summed E-state index contributed by atoms with van der Waals surface area (Å²) in [5.41, 5.74) is 5.00. The zero-order valence-electron chi connectivity index (χ0n) is 5.72. The molecule has 0 aromatic heterocycles. The van der Waals surface area contributed by atoms with E-state index in [1.807, 2.05) is 29.5 Å². The van der Waals surface area contributed by atoms with Crippen molar-refractivity contribution in [2.24, 2.45) is 5.73 Å². The number of rotatable bonds is 2. The minimum Gasteiger partial charge on any atom is -0.351 e. The van der Waals surface area contributed by atoms with Gasteiger partial charge in [-0.05, 0) is 10.9 Å². The number of hydrogen-bond acceptors (Lipinski definition) is 1. The normalized spacial score (nSPS) is 7.80. The predicted octanol–water partition coefficient (Wildman–Crippen LogP) is 0.783. The van der Waals surface area contributed by atoms with Crippen molar-refractivity contribution in [2.45, 2.75) is 6.92 Å². The number of halogens is 1. The molecule has 4 heteroatoms. The van der Waals surface area contributed by atoms with Crippen molar-refractivity contribution in [3.8, 4) is 9.85 Å². The zero-order valence-corrected chi connectivity index (χ0v) is 7.88. The number of nitrogens with two attached hydrogens (primary N) is 1. The highest BCUT2D eigenvalue weighted by atomic mass is 127. The van der Waals surface area contributed by atoms with Gasteiger partial charge in [-0.2, -0.15) is 0 Å². The Kier molecular flexibility index (Phi) is 5.12. The van der Waals surface area contributed by atoms with Gasteiger partial charge >= 0.3 is 6.03 Å². The van der Waals surface area contributed by atoms with Crippen molar-refractivity contribution in [1.29, 1.82) is 0 Å². The van der Waals surface area contributed by atoms with Gasteiger partial charge in [0.2, 0.25) is 0 Å². The fraction of sp³-hybridized carbons (Fsp3) is 0.500. The van der Waals surface area contributed by atoms with Gasteiger partial charge in [0.15, 0.2) is 0 Å². The first-order valence-electron chi connectivity index (χ1n) is 2.85. The highest BCUT2D eigenvalue weighted by molar-refractivity contribution is 14.1.